The molecule has 0 aliphatic rings. The van der Waals surface area contributed by atoms with Crippen molar-refractivity contribution in [2.24, 2.45) is 4.99 Å². The Morgan fingerprint density at radius 1 is 1.33 bits per heavy atom. The van der Waals surface area contributed by atoms with E-state index in [9.17, 15) is 0 Å². The average molecular weight is 204 g/mol. The fourth-order valence-corrected chi connectivity index (χ4v) is 1.12. The van der Waals surface area contributed by atoms with E-state index in [0.717, 1.165) is 22.6 Å². The molecule has 0 aromatic rings. The standard InChI is InChI=1S/C13H20N2/c1-7-12(9-14-6)11(5)15-13(8-2)10(3)4/h7-9,14H,1,3H2,2,4-6H3/b12-9+,13-8-,15-11+. The quantitative estimate of drug-likeness (QED) is 0.539. The molecule has 0 aliphatic heterocycles. The zero-order valence-electron chi connectivity index (χ0n) is 10.1. The molecule has 0 bridgehead atoms. The summed E-state index contributed by atoms with van der Waals surface area (Å²) in [6.07, 6.45) is 5.60. The maximum Gasteiger partial charge on any atom is 0.0613 e. The molecule has 0 heterocycles. The molecule has 0 amide bonds. The molecular formula is C13H20N2. The molecule has 2 heteroatoms. The third kappa shape index (κ3) is 4.45. The van der Waals surface area contributed by atoms with Gasteiger partial charge in [0.1, 0.15) is 0 Å². The van der Waals surface area contributed by atoms with Crippen molar-refractivity contribution in [3.63, 3.8) is 0 Å². The number of nitrogens with one attached hydrogen (secondary N) is 1. The van der Waals surface area contributed by atoms with Gasteiger partial charge in [0.2, 0.25) is 0 Å². The van der Waals surface area contributed by atoms with Crippen LogP contribution >= 0.6 is 0 Å². The second-order valence-electron chi connectivity index (χ2n) is 3.24. The Hall–Kier alpha value is -1.57. The van der Waals surface area contributed by atoms with Crippen molar-refractivity contribution in [3.8, 4) is 0 Å². The van der Waals surface area contributed by atoms with Gasteiger partial charge < -0.3 is 5.32 Å². The van der Waals surface area contributed by atoms with E-state index in [-0.39, 0.29) is 0 Å². The van der Waals surface area contributed by atoms with Crippen LogP contribution in [0.5, 0.6) is 0 Å². The van der Waals surface area contributed by atoms with Gasteiger partial charge in [-0.25, -0.2) is 0 Å². The van der Waals surface area contributed by atoms with Gasteiger partial charge >= 0.3 is 0 Å². The highest BCUT2D eigenvalue weighted by atomic mass is 14.8. The number of rotatable bonds is 5. The van der Waals surface area contributed by atoms with Gasteiger partial charge in [-0.3, -0.25) is 4.99 Å². The minimum Gasteiger partial charge on any atom is -0.393 e. The highest BCUT2D eigenvalue weighted by molar-refractivity contribution is 6.01. The Labute approximate surface area is 92.8 Å². The highest BCUT2D eigenvalue weighted by Gasteiger charge is 1.99. The summed E-state index contributed by atoms with van der Waals surface area (Å²) in [6, 6.07) is 0. The summed E-state index contributed by atoms with van der Waals surface area (Å²) >= 11 is 0. The lowest BCUT2D eigenvalue weighted by atomic mass is 10.1. The Kier molecular flexibility index (Phi) is 6.11. The minimum atomic E-state index is 0.913. The first kappa shape index (κ1) is 13.4. The molecular weight excluding hydrogens is 184 g/mol. The molecule has 2 nitrogen and oxygen atoms in total. The Bertz CT molecular complexity index is 330. The Balaban J connectivity index is 5.05. The van der Waals surface area contributed by atoms with Crippen LogP contribution in [0.1, 0.15) is 20.8 Å². The first-order chi connectivity index (χ1) is 7.06. The molecule has 82 valence electrons. The van der Waals surface area contributed by atoms with Crippen LogP contribution in [0.4, 0.5) is 0 Å². The van der Waals surface area contributed by atoms with Gasteiger partial charge in [0.15, 0.2) is 0 Å². The van der Waals surface area contributed by atoms with Gasteiger partial charge in [-0.15, -0.1) is 0 Å². The van der Waals surface area contributed by atoms with Crippen molar-refractivity contribution < 1.29 is 0 Å². The fraction of sp³-hybridized carbons (Fsp3) is 0.308. The van der Waals surface area contributed by atoms with Crippen LogP contribution in [0.2, 0.25) is 0 Å². The van der Waals surface area contributed by atoms with Gasteiger partial charge in [-0.05, 0) is 26.3 Å². The number of hydrogen-bond donors (Lipinski definition) is 1. The molecule has 0 saturated carbocycles. The Morgan fingerprint density at radius 2 is 1.93 bits per heavy atom. The summed E-state index contributed by atoms with van der Waals surface area (Å²) in [4.78, 5) is 4.48. The molecule has 0 saturated heterocycles. The van der Waals surface area contributed by atoms with E-state index >= 15 is 0 Å². The molecule has 0 fully saturated rings. The van der Waals surface area contributed by atoms with Crippen molar-refractivity contribution in [3.05, 3.63) is 48.4 Å². The zero-order valence-corrected chi connectivity index (χ0v) is 10.1. The third-order valence-electron chi connectivity index (χ3n) is 1.94. The minimum absolute atomic E-state index is 0.913. The van der Waals surface area contributed by atoms with Crippen LogP contribution in [-0.4, -0.2) is 12.8 Å². The lowest BCUT2D eigenvalue weighted by molar-refractivity contribution is 1.09. The molecule has 0 rings (SSSR count). The molecule has 15 heavy (non-hydrogen) atoms. The SMILES string of the molecule is C=CC(=C\NC)/C(C)=N/C(=C\C)C(=C)C. The van der Waals surface area contributed by atoms with Crippen LogP contribution in [0.3, 0.4) is 0 Å². The van der Waals surface area contributed by atoms with Crippen LogP contribution in [-0.2, 0) is 0 Å². The summed E-state index contributed by atoms with van der Waals surface area (Å²) in [5.74, 6) is 0. The number of nitrogens with zero attached hydrogens (tertiary/aromatic N) is 1. The van der Waals surface area contributed by atoms with Gasteiger partial charge in [-0.1, -0.05) is 25.3 Å². The monoisotopic (exact) mass is 204 g/mol. The number of hydrogen-bond acceptors (Lipinski definition) is 2. The highest BCUT2D eigenvalue weighted by Crippen LogP contribution is 2.11. The summed E-state index contributed by atoms with van der Waals surface area (Å²) in [5.41, 5.74) is 3.79. The van der Waals surface area contributed by atoms with Gasteiger partial charge in [0.25, 0.3) is 0 Å². The van der Waals surface area contributed by atoms with E-state index < -0.39 is 0 Å². The van der Waals surface area contributed by atoms with E-state index in [2.05, 4.69) is 23.5 Å². The predicted octanol–water partition coefficient (Wildman–Crippen LogP) is 3.22. The normalized spacial score (nSPS) is 13.7. The fourth-order valence-electron chi connectivity index (χ4n) is 1.12. The van der Waals surface area contributed by atoms with Crippen molar-refractivity contribution in [1.29, 1.82) is 0 Å². The van der Waals surface area contributed by atoms with E-state index in [1.54, 1.807) is 6.08 Å². The summed E-state index contributed by atoms with van der Waals surface area (Å²) in [5, 5.41) is 2.96. The van der Waals surface area contributed by atoms with Crippen molar-refractivity contribution in [2.75, 3.05) is 7.05 Å². The van der Waals surface area contributed by atoms with Crippen LogP contribution in [0, 0.1) is 0 Å². The lowest BCUT2D eigenvalue weighted by Crippen LogP contribution is -2.02. The maximum atomic E-state index is 4.48. The summed E-state index contributed by atoms with van der Waals surface area (Å²) in [7, 11) is 1.85. The van der Waals surface area contributed by atoms with Gasteiger partial charge in [0, 0.05) is 24.5 Å². The average Bonchev–Trinajstić information content (AvgIpc) is 2.21. The van der Waals surface area contributed by atoms with E-state index in [0.29, 0.717) is 0 Å². The second-order valence-corrected chi connectivity index (χ2v) is 3.24. The predicted molar refractivity (Wildman–Crippen MR) is 69.0 cm³/mol. The van der Waals surface area contributed by atoms with Crippen LogP contribution in [0.25, 0.3) is 0 Å². The zero-order chi connectivity index (χ0) is 11.8. The van der Waals surface area contributed by atoms with Gasteiger partial charge in [0.05, 0.1) is 5.70 Å². The van der Waals surface area contributed by atoms with E-state index in [1.165, 1.54) is 0 Å². The van der Waals surface area contributed by atoms with Crippen molar-refractivity contribution in [1.82, 2.24) is 5.32 Å². The van der Waals surface area contributed by atoms with Gasteiger partial charge in [-0.2, -0.15) is 0 Å². The molecule has 0 radical (unpaired) electrons. The van der Waals surface area contributed by atoms with Crippen LogP contribution < -0.4 is 5.32 Å². The molecule has 1 N–H and O–H groups in total. The maximum absolute atomic E-state index is 4.48. The molecule has 0 aliphatic carbocycles. The van der Waals surface area contributed by atoms with Crippen molar-refractivity contribution in [2.45, 2.75) is 20.8 Å². The van der Waals surface area contributed by atoms with E-state index in [4.69, 9.17) is 0 Å². The topological polar surface area (TPSA) is 24.4 Å². The van der Waals surface area contributed by atoms with Crippen LogP contribution in [0.15, 0.2) is 53.3 Å². The Morgan fingerprint density at radius 3 is 2.27 bits per heavy atom. The molecule has 0 spiro atoms. The number of allylic oxidation sites excluding steroid dienone is 4. The largest absolute Gasteiger partial charge is 0.393 e. The van der Waals surface area contributed by atoms with E-state index in [1.807, 2.05) is 40.1 Å². The smallest absolute Gasteiger partial charge is 0.0613 e. The first-order valence-corrected chi connectivity index (χ1v) is 4.94. The second kappa shape index (κ2) is 6.82. The summed E-state index contributed by atoms with van der Waals surface area (Å²) in [6.45, 7) is 13.5. The first-order valence-electron chi connectivity index (χ1n) is 4.94. The molecule has 0 atom stereocenters. The molecule has 0 unspecified atom stereocenters. The summed E-state index contributed by atoms with van der Waals surface area (Å²) < 4.78 is 0. The number of aliphatic imine (C=N–C) groups is 1. The molecule has 0 aromatic carbocycles. The van der Waals surface area contributed by atoms with Crippen molar-refractivity contribution >= 4 is 5.71 Å². The molecule has 0 aromatic heterocycles. The lowest BCUT2D eigenvalue weighted by Gasteiger charge is -2.04. The third-order valence-corrected chi connectivity index (χ3v) is 1.94.